The van der Waals surface area contributed by atoms with E-state index < -0.39 is 36.2 Å². The number of rotatable bonds is 6. The fraction of sp³-hybridized carbons (Fsp3) is 0.286. The Kier molecular flexibility index (Phi) is 4.40. The number of para-hydroxylation sites is 1. The van der Waals surface area contributed by atoms with Gasteiger partial charge in [0.1, 0.15) is 6.04 Å². The number of amides is 2. The molecule has 0 aliphatic carbocycles. The maximum Gasteiger partial charge on any atom is 0.326 e. The van der Waals surface area contributed by atoms with E-state index in [1.165, 1.54) is 0 Å². The van der Waals surface area contributed by atoms with Gasteiger partial charge in [0.2, 0.25) is 11.8 Å². The molecule has 0 fully saturated rings. The van der Waals surface area contributed by atoms with Gasteiger partial charge in [0.05, 0.1) is 12.3 Å². The van der Waals surface area contributed by atoms with Gasteiger partial charge in [-0.1, -0.05) is 18.2 Å². The van der Waals surface area contributed by atoms with Gasteiger partial charge in [-0.15, -0.1) is 0 Å². The van der Waals surface area contributed by atoms with Crippen LogP contribution in [-0.4, -0.2) is 40.0 Å². The minimum absolute atomic E-state index is 0.244. The Morgan fingerprint density at radius 2 is 1.91 bits per heavy atom. The van der Waals surface area contributed by atoms with Crippen molar-refractivity contribution in [2.45, 2.75) is 24.8 Å². The summed E-state index contributed by atoms with van der Waals surface area (Å²) in [5.41, 5.74) is 1.28. The lowest BCUT2D eigenvalue weighted by Gasteiger charge is -2.14. The van der Waals surface area contributed by atoms with E-state index in [0.29, 0.717) is 11.3 Å². The molecule has 1 aromatic carbocycles. The standard InChI is InChI=1S/C14H14N2O6/c17-11(15-10(14(21)22)6-12(18)19)5-8-7-3-1-2-4-9(7)16-13(8)20/h1-4,8,10H,5-6H2,(H,15,17)(H,16,20)(H,18,19)(H,21,22)/t8?,10-/m0/s1. The lowest BCUT2D eigenvalue weighted by atomic mass is 9.96. The number of hydrogen-bond acceptors (Lipinski definition) is 4. The molecule has 2 atom stereocenters. The first-order valence-electron chi connectivity index (χ1n) is 6.52. The minimum Gasteiger partial charge on any atom is -0.481 e. The molecule has 8 heteroatoms. The third kappa shape index (κ3) is 3.40. The van der Waals surface area contributed by atoms with Gasteiger partial charge >= 0.3 is 11.9 Å². The molecule has 1 unspecified atom stereocenters. The van der Waals surface area contributed by atoms with Crippen molar-refractivity contribution < 1.29 is 29.4 Å². The number of aliphatic carboxylic acids is 2. The van der Waals surface area contributed by atoms with E-state index >= 15 is 0 Å². The number of carbonyl (C=O) groups is 4. The predicted molar refractivity (Wildman–Crippen MR) is 74.2 cm³/mol. The summed E-state index contributed by atoms with van der Waals surface area (Å²) in [5.74, 6) is -4.52. The molecule has 116 valence electrons. The first-order valence-corrected chi connectivity index (χ1v) is 6.52. The smallest absolute Gasteiger partial charge is 0.326 e. The van der Waals surface area contributed by atoms with Gasteiger partial charge in [0.15, 0.2) is 0 Å². The predicted octanol–water partition coefficient (Wildman–Crippen LogP) is 0.156. The van der Waals surface area contributed by atoms with Crippen LogP contribution in [0.2, 0.25) is 0 Å². The van der Waals surface area contributed by atoms with Crippen LogP contribution in [0.25, 0.3) is 0 Å². The minimum atomic E-state index is -1.52. The molecule has 0 spiro atoms. The number of anilines is 1. The summed E-state index contributed by atoms with van der Waals surface area (Å²) in [6.45, 7) is 0. The summed E-state index contributed by atoms with van der Waals surface area (Å²) in [6, 6.07) is 5.36. The number of carboxylic acids is 2. The third-order valence-electron chi connectivity index (χ3n) is 3.31. The highest BCUT2D eigenvalue weighted by Gasteiger charge is 2.33. The van der Waals surface area contributed by atoms with Crippen LogP contribution >= 0.6 is 0 Å². The molecule has 1 heterocycles. The van der Waals surface area contributed by atoms with Gasteiger partial charge in [0, 0.05) is 12.1 Å². The van der Waals surface area contributed by atoms with Crippen molar-refractivity contribution in [3.63, 3.8) is 0 Å². The van der Waals surface area contributed by atoms with E-state index in [1.54, 1.807) is 24.3 Å². The van der Waals surface area contributed by atoms with Gasteiger partial charge in [-0.05, 0) is 11.6 Å². The Balaban J connectivity index is 2.04. The van der Waals surface area contributed by atoms with Crippen molar-refractivity contribution in [3.05, 3.63) is 29.8 Å². The van der Waals surface area contributed by atoms with Crippen molar-refractivity contribution in [1.82, 2.24) is 5.32 Å². The van der Waals surface area contributed by atoms with E-state index in [-0.39, 0.29) is 12.3 Å². The maximum atomic E-state index is 11.9. The third-order valence-corrected chi connectivity index (χ3v) is 3.31. The Hall–Kier alpha value is -2.90. The topological polar surface area (TPSA) is 133 Å². The van der Waals surface area contributed by atoms with Crippen LogP contribution < -0.4 is 10.6 Å². The van der Waals surface area contributed by atoms with Crippen molar-refractivity contribution >= 4 is 29.4 Å². The number of carboxylic acid groups (broad SMARTS) is 2. The van der Waals surface area contributed by atoms with E-state index in [4.69, 9.17) is 10.2 Å². The van der Waals surface area contributed by atoms with E-state index in [9.17, 15) is 19.2 Å². The number of benzene rings is 1. The number of fused-ring (bicyclic) bond motifs is 1. The lowest BCUT2D eigenvalue weighted by molar-refractivity contribution is -0.147. The second-order valence-electron chi connectivity index (χ2n) is 4.89. The monoisotopic (exact) mass is 306 g/mol. The van der Waals surface area contributed by atoms with Gasteiger partial charge < -0.3 is 20.8 Å². The molecule has 1 aliphatic heterocycles. The zero-order valence-electron chi connectivity index (χ0n) is 11.4. The molecule has 0 aromatic heterocycles. The molecule has 0 radical (unpaired) electrons. The van der Waals surface area contributed by atoms with Gasteiger partial charge in [-0.3, -0.25) is 14.4 Å². The summed E-state index contributed by atoms with van der Waals surface area (Å²) in [6.07, 6.45) is -0.971. The fourth-order valence-corrected chi connectivity index (χ4v) is 2.29. The second-order valence-corrected chi connectivity index (χ2v) is 4.89. The Morgan fingerprint density at radius 1 is 1.23 bits per heavy atom. The Morgan fingerprint density at radius 3 is 2.55 bits per heavy atom. The van der Waals surface area contributed by atoms with E-state index in [2.05, 4.69) is 10.6 Å². The van der Waals surface area contributed by atoms with Crippen LogP contribution in [0.1, 0.15) is 24.3 Å². The quantitative estimate of drug-likeness (QED) is 0.591. The Labute approximate surface area is 125 Å². The zero-order chi connectivity index (χ0) is 16.3. The largest absolute Gasteiger partial charge is 0.481 e. The molecular formula is C14H14N2O6. The maximum absolute atomic E-state index is 11.9. The molecule has 2 rings (SSSR count). The molecule has 8 nitrogen and oxygen atoms in total. The highest BCUT2D eigenvalue weighted by atomic mass is 16.4. The summed E-state index contributed by atoms with van der Waals surface area (Å²) in [4.78, 5) is 45.3. The molecule has 1 aliphatic rings. The number of hydrogen-bond donors (Lipinski definition) is 4. The van der Waals surface area contributed by atoms with Gasteiger partial charge in [0.25, 0.3) is 0 Å². The summed E-state index contributed by atoms with van der Waals surface area (Å²) in [5, 5.41) is 22.3. The van der Waals surface area contributed by atoms with E-state index in [1.807, 2.05) is 0 Å². The Bertz CT molecular complexity index is 642. The van der Waals surface area contributed by atoms with Crippen molar-refractivity contribution in [2.24, 2.45) is 0 Å². The molecule has 1 aromatic rings. The number of carbonyl (C=O) groups excluding carboxylic acids is 2. The number of nitrogens with one attached hydrogen (secondary N) is 2. The van der Waals surface area contributed by atoms with Crippen LogP contribution in [-0.2, 0) is 19.2 Å². The summed E-state index contributed by atoms with van der Waals surface area (Å²) < 4.78 is 0. The van der Waals surface area contributed by atoms with E-state index in [0.717, 1.165) is 0 Å². The highest BCUT2D eigenvalue weighted by Crippen LogP contribution is 2.34. The van der Waals surface area contributed by atoms with Crippen LogP contribution in [0.5, 0.6) is 0 Å². The molecular weight excluding hydrogens is 292 g/mol. The second kappa shape index (κ2) is 6.25. The summed E-state index contributed by atoms with van der Waals surface area (Å²) >= 11 is 0. The SMILES string of the molecule is O=C(O)C[C@H](NC(=O)CC1C(=O)Nc2ccccc21)C(=O)O. The van der Waals surface area contributed by atoms with Crippen molar-refractivity contribution in [1.29, 1.82) is 0 Å². The first kappa shape index (κ1) is 15.5. The average molecular weight is 306 g/mol. The fourth-order valence-electron chi connectivity index (χ4n) is 2.29. The average Bonchev–Trinajstić information content (AvgIpc) is 2.74. The van der Waals surface area contributed by atoms with Gasteiger partial charge in [-0.2, -0.15) is 0 Å². The van der Waals surface area contributed by atoms with Crippen LogP contribution in [0.4, 0.5) is 5.69 Å². The molecule has 22 heavy (non-hydrogen) atoms. The molecule has 0 saturated carbocycles. The molecule has 4 N–H and O–H groups in total. The molecule has 2 amide bonds. The zero-order valence-corrected chi connectivity index (χ0v) is 11.4. The molecule has 0 saturated heterocycles. The lowest BCUT2D eigenvalue weighted by Crippen LogP contribution is -2.42. The van der Waals surface area contributed by atoms with Crippen LogP contribution in [0.3, 0.4) is 0 Å². The normalized spacial score (nSPS) is 17.3. The molecule has 0 bridgehead atoms. The van der Waals surface area contributed by atoms with Crippen molar-refractivity contribution in [2.75, 3.05) is 5.32 Å². The van der Waals surface area contributed by atoms with Crippen LogP contribution in [0.15, 0.2) is 24.3 Å². The summed E-state index contributed by atoms with van der Waals surface area (Å²) in [7, 11) is 0. The first-order chi connectivity index (χ1) is 10.4. The van der Waals surface area contributed by atoms with Crippen molar-refractivity contribution in [3.8, 4) is 0 Å². The van der Waals surface area contributed by atoms with Crippen LogP contribution in [0, 0.1) is 0 Å². The highest BCUT2D eigenvalue weighted by molar-refractivity contribution is 6.05. The van der Waals surface area contributed by atoms with Gasteiger partial charge in [-0.25, -0.2) is 4.79 Å².